The van der Waals surface area contributed by atoms with E-state index in [9.17, 15) is 9.59 Å². The zero-order valence-corrected chi connectivity index (χ0v) is 15.3. The molecule has 0 saturated heterocycles. The van der Waals surface area contributed by atoms with Gasteiger partial charge in [0.25, 0.3) is 5.91 Å². The van der Waals surface area contributed by atoms with Crippen LogP contribution < -0.4 is 10.6 Å². The van der Waals surface area contributed by atoms with E-state index in [2.05, 4.69) is 27.5 Å². The Labute approximate surface area is 151 Å². The highest BCUT2D eigenvalue weighted by atomic mass is 32.2. The van der Waals surface area contributed by atoms with E-state index in [1.54, 1.807) is 29.2 Å². The van der Waals surface area contributed by atoms with Crippen molar-refractivity contribution in [1.29, 1.82) is 0 Å². The highest BCUT2D eigenvalue weighted by Gasteiger charge is 2.08. The third-order valence-electron chi connectivity index (χ3n) is 3.44. The molecule has 24 heavy (non-hydrogen) atoms. The molecule has 4 nitrogen and oxygen atoms in total. The average molecular weight is 363 g/mol. The van der Waals surface area contributed by atoms with Gasteiger partial charge < -0.3 is 10.6 Å². The van der Waals surface area contributed by atoms with Crippen LogP contribution in [0.2, 0.25) is 0 Å². The van der Waals surface area contributed by atoms with Crippen LogP contribution in [0.4, 0.5) is 0 Å². The molecule has 0 aliphatic carbocycles. The van der Waals surface area contributed by atoms with Crippen molar-refractivity contribution >= 4 is 34.9 Å². The molecule has 1 heterocycles. The third-order valence-corrected chi connectivity index (χ3v) is 5.21. The number of aryl methyl sites for hydroxylation is 1. The van der Waals surface area contributed by atoms with Crippen molar-refractivity contribution in [2.24, 2.45) is 0 Å². The van der Waals surface area contributed by atoms with Crippen LogP contribution in [-0.2, 0) is 10.5 Å². The highest BCUT2D eigenvalue weighted by Crippen LogP contribution is 2.14. The van der Waals surface area contributed by atoms with E-state index in [0.717, 1.165) is 17.1 Å². The van der Waals surface area contributed by atoms with Gasteiger partial charge in [0.05, 0.1) is 0 Å². The van der Waals surface area contributed by atoms with Gasteiger partial charge in [-0.1, -0.05) is 18.2 Å². The van der Waals surface area contributed by atoms with Gasteiger partial charge in [0.15, 0.2) is 0 Å². The molecule has 0 bridgehead atoms. The smallest absolute Gasteiger partial charge is 0.251 e. The van der Waals surface area contributed by atoms with Gasteiger partial charge in [-0.05, 0) is 40.9 Å². The van der Waals surface area contributed by atoms with Crippen LogP contribution in [0.3, 0.4) is 0 Å². The summed E-state index contributed by atoms with van der Waals surface area (Å²) in [6, 6.07) is 9.54. The predicted octanol–water partition coefficient (Wildman–Crippen LogP) is 3.23. The zero-order chi connectivity index (χ0) is 17.2. The third kappa shape index (κ3) is 6.37. The predicted molar refractivity (Wildman–Crippen MR) is 102 cm³/mol. The van der Waals surface area contributed by atoms with E-state index in [4.69, 9.17) is 0 Å². The average Bonchev–Trinajstić information content (AvgIpc) is 3.08. The van der Waals surface area contributed by atoms with E-state index in [-0.39, 0.29) is 11.8 Å². The lowest BCUT2D eigenvalue weighted by Gasteiger charge is -2.08. The second-order valence-electron chi connectivity index (χ2n) is 5.35. The Morgan fingerprint density at radius 1 is 1.12 bits per heavy atom. The highest BCUT2D eigenvalue weighted by molar-refractivity contribution is 7.98. The molecule has 0 aliphatic rings. The molecule has 0 aliphatic heterocycles. The number of amides is 2. The summed E-state index contributed by atoms with van der Waals surface area (Å²) in [5.74, 6) is 1.70. The number of hydrogen-bond acceptors (Lipinski definition) is 4. The minimum absolute atomic E-state index is 0.0313. The summed E-state index contributed by atoms with van der Waals surface area (Å²) in [4.78, 5) is 23.8. The Morgan fingerprint density at radius 3 is 2.71 bits per heavy atom. The number of benzene rings is 1. The molecular weight excluding hydrogens is 340 g/mol. The van der Waals surface area contributed by atoms with Gasteiger partial charge in [-0.2, -0.15) is 23.1 Å². The first-order chi connectivity index (χ1) is 11.7. The van der Waals surface area contributed by atoms with Crippen molar-refractivity contribution in [2.45, 2.75) is 19.1 Å². The second-order valence-corrected chi connectivity index (χ2v) is 7.24. The molecule has 0 fully saturated rings. The normalized spacial score (nSPS) is 10.4. The first-order valence-corrected chi connectivity index (χ1v) is 9.96. The number of carbonyl (C=O) groups excluding carboxylic acids is 2. The molecule has 2 amide bonds. The molecule has 1 aromatic heterocycles. The van der Waals surface area contributed by atoms with Crippen molar-refractivity contribution in [1.82, 2.24) is 10.6 Å². The Bertz CT molecular complexity index is 657. The molecule has 0 radical (unpaired) electrons. The lowest BCUT2D eigenvalue weighted by molar-refractivity contribution is -0.120. The first-order valence-electron chi connectivity index (χ1n) is 7.86. The topological polar surface area (TPSA) is 58.2 Å². The van der Waals surface area contributed by atoms with Crippen LogP contribution in [0.1, 0.15) is 27.9 Å². The van der Waals surface area contributed by atoms with Crippen LogP contribution in [0.25, 0.3) is 0 Å². The molecule has 2 N–H and O–H groups in total. The number of thioether (sulfide) groups is 1. The fourth-order valence-electron chi connectivity index (χ4n) is 2.13. The van der Waals surface area contributed by atoms with E-state index in [1.807, 2.05) is 25.1 Å². The molecule has 2 aromatic rings. The second kappa shape index (κ2) is 10.2. The Kier molecular flexibility index (Phi) is 7.85. The Morgan fingerprint density at radius 2 is 1.96 bits per heavy atom. The SMILES string of the molecule is Cc1ccccc1C(=O)NCCC(=O)NCCSCc1ccsc1. The monoisotopic (exact) mass is 362 g/mol. The molecule has 0 spiro atoms. The summed E-state index contributed by atoms with van der Waals surface area (Å²) in [7, 11) is 0. The van der Waals surface area contributed by atoms with Gasteiger partial charge in [0.1, 0.15) is 0 Å². The number of rotatable bonds is 9. The molecule has 128 valence electrons. The number of nitrogens with one attached hydrogen (secondary N) is 2. The summed E-state index contributed by atoms with van der Waals surface area (Å²) in [6.45, 7) is 2.90. The van der Waals surface area contributed by atoms with E-state index >= 15 is 0 Å². The van der Waals surface area contributed by atoms with Crippen LogP contribution in [-0.4, -0.2) is 30.7 Å². The summed E-state index contributed by atoms with van der Waals surface area (Å²) in [5, 5.41) is 9.88. The summed E-state index contributed by atoms with van der Waals surface area (Å²) in [6.07, 6.45) is 0.298. The van der Waals surface area contributed by atoms with Gasteiger partial charge in [-0.25, -0.2) is 0 Å². The molecule has 2 rings (SSSR count). The van der Waals surface area contributed by atoms with Gasteiger partial charge in [0, 0.05) is 36.6 Å². The lowest BCUT2D eigenvalue weighted by Crippen LogP contribution is -2.32. The maximum atomic E-state index is 12.0. The van der Waals surface area contributed by atoms with Crippen LogP contribution >= 0.6 is 23.1 Å². The van der Waals surface area contributed by atoms with Gasteiger partial charge in [-0.15, -0.1) is 0 Å². The molecule has 1 aromatic carbocycles. The van der Waals surface area contributed by atoms with Gasteiger partial charge in [0.2, 0.25) is 5.91 Å². The molecule has 6 heteroatoms. The fraction of sp³-hybridized carbons (Fsp3) is 0.333. The van der Waals surface area contributed by atoms with Crippen LogP contribution in [0.15, 0.2) is 41.1 Å². The Hall–Kier alpha value is -1.79. The molecular formula is C18H22N2O2S2. The van der Waals surface area contributed by atoms with Gasteiger partial charge in [-0.3, -0.25) is 9.59 Å². The number of carbonyl (C=O) groups is 2. The summed E-state index contributed by atoms with van der Waals surface area (Å²) >= 11 is 3.50. The summed E-state index contributed by atoms with van der Waals surface area (Å²) in [5.41, 5.74) is 2.92. The van der Waals surface area contributed by atoms with Crippen molar-refractivity contribution in [3.63, 3.8) is 0 Å². The zero-order valence-electron chi connectivity index (χ0n) is 13.7. The molecule has 0 atom stereocenters. The van der Waals surface area contributed by atoms with Crippen molar-refractivity contribution in [3.05, 3.63) is 57.8 Å². The minimum atomic E-state index is -0.132. The largest absolute Gasteiger partial charge is 0.355 e. The standard InChI is InChI=1S/C18H22N2O2S2/c1-14-4-2-3-5-16(14)18(22)20-8-6-17(21)19-9-11-24-13-15-7-10-23-12-15/h2-5,7,10,12H,6,8-9,11,13H2,1H3,(H,19,21)(H,20,22). The summed E-state index contributed by atoms with van der Waals surface area (Å²) < 4.78 is 0. The van der Waals surface area contributed by atoms with E-state index < -0.39 is 0 Å². The van der Waals surface area contributed by atoms with E-state index in [1.165, 1.54) is 5.56 Å². The Balaban J connectivity index is 1.55. The maximum Gasteiger partial charge on any atom is 0.251 e. The van der Waals surface area contributed by atoms with Crippen molar-refractivity contribution < 1.29 is 9.59 Å². The molecule has 0 unspecified atom stereocenters. The van der Waals surface area contributed by atoms with Crippen molar-refractivity contribution in [3.8, 4) is 0 Å². The lowest BCUT2D eigenvalue weighted by atomic mass is 10.1. The minimum Gasteiger partial charge on any atom is -0.355 e. The number of thiophene rings is 1. The van der Waals surface area contributed by atoms with Crippen LogP contribution in [0.5, 0.6) is 0 Å². The first kappa shape index (κ1) is 18.5. The molecule has 0 saturated carbocycles. The van der Waals surface area contributed by atoms with E-state index in [0.29, 0.717) is 25.1 Å². The maximum absolute atomic E-state index is 12.0. The number of hydrogen-bond donors (Lipinski definition) is 2. The van der Waals surface area contributed by atoms with Crippen molar-refractivity contribution in [2.75, 3.05) is 18.8 Å². The van der Waals surface area contributed by atoms with Crippen LogP contribution in [0, 0.1) is 6.92 Å². The quantitative estimate of drug-likeness (QED) is 0.674. The van der Waals surface area contributed by atoms with Gasteiger partial charge >= 0.3 is 0 Å². The fourth-order valence-corrected chi connectivity index (χ4v) is 3.71.